The van der Waals surface area contributed by atoms with Crippen molar-refractivity contribution >= 4 is 45.6 Å². The van der Waals surface area contributed by atoms with E-state index in [0.717, 1.165) is 15.3 Å². The predicted octanol–water partition coefficient (Wildman–Crippen LogP) is 5.38. The van der Waals surface area contributed by atoms with E-state index in [2.05, 4.69) is 15.5 Å². The first-order chi connectivity index (χ1) is 16.6. The number of amides is 1. The summed E-state index contributed by atoms with van der Waals surface area (Å²) in [6, 6.07) is 18.7. The Morgan fingerprint density at radius 3 is 2.59 bits per heavy atom. The number of carbonyl (C=O) groups is 2. The molecular weight excluding hydrogens is 470 g/mol. The van der Waals surface area contributed by atoms with Crippen LogP contribution in [0.2, 0.25) is 0 Å². The van der Waals surface area contributed by atoms with Gasteiger partial charge in [0, 0.05) is 4.88 Å². The molecule has 0 saturated carbocycles. The highest BCUT2D eigenvalue weighted by Crippen LogP contribution is 2.30. The van der Waals surface area contributed by atoms with Crippen LogP contribution in [0.15, 0.2) is 75.9 Å². The van der Waals surface area contributed by atoms with Gasteiger partial charge in [-0.05, 0) is 41.4 Å². The Morgan fingerprint density at radius 2 is 1.85 bits per heavy atom. The number of pyridine rings is 1. The Labute approximate surface area is 203 Å². The maximum Gasteiger partial charge on any atom is 0.339 e. The van der Waals surface area contributed by atoms with Crippen molar-refractivity contribution in [2.75, 3.05) is 6.61 Å². The van der Waals surface area contributed by atoms with Crippen LogP contribution >= 0.6 is 22.7 Å². The van der Waals surface area contributed by atoms with Crippen LogP contribution in [0.25, 0.3) is 21.7 Å². The molecule has 0 bridgehead atoms. The van der Waals surface area contributed by atoms with Gasteiger partial charge in [0.1, 0.15) is 0 Å². The second kappa shape index (κ2) is 9.58. The Balaban J connectivity index is 1.35. The molecule has 0 aliphatic rings. The lowest BCUT2D eigenvalue weighted by Gasteiger charge is -2.18. The molecule has 0 aliphatic carbocycles. The van der Waals surface area contributed by atoms with Crippen LogP contribution in [0, 0.1) is 6.92 Å². The summed E-state index contributed by atoms with van der Waals surface area (Å²) in [7, 11) is 0. The molecule has 4 heterocycles. The van der Waals surface area contributed by atoms with Crippen LogP contribution in [-0.2, 0) is 9.53 Å². The highest BCUT2D eigenvalue weighted by Gasteiger charge is 2.23. The summed E-state index contributed by atoms with van der Waals surface area (Å²) in [4.78, 5) is 32.1. The van der Waals surface area contributed by atoms with Gasteiger partial charge in [0.2, 0.25) is 0 Å². The van der Waals surface area contributed by atoms with Crippen molar-refractivity contribution in [2.45, 2.75) is 13.0 Å². The standard InChI is InChI=1S/C25H19N3O4S2/c1-15-22-17(13-18(19-9-5-11-33-19)26-24(22)32-28-15)25(30)31-14-21(29)27-23(20-10-6-12-34-20)16-7-3-2-4-8-16/h2-13,23H,14H2,1H3,(H,27,29). The monoisotopic (exact) mass is 489 g/mol. The van der Waals surface area contributed by atoms with Crippen LogP contribution in [0.4, 0.5) is 0 Å². The van der Waals surface area contributed by atoms with Crippen LogP contribution in [0.1, 0.15) is 32.5 Å². The zero-order valence-corrected chi connectivity index (χ0v) is 19.7. The number of hydrogen-bond acceptors (Lipinski definition) is 8. The Bertz CT molecular complexity index is 1430. The van der Waals surface area contributed by atoms with Crippen molar-refractivity contribution < 1.29 is 18.8 Å². The number of ether oxygens (including phenoxy) is 1. The molecule has 4 aromatic heterocycles. The van der Waals surface area contributed by atoms with Crippen LogP contribution < -0.4 is 5.32 Å². The minimum absolute atomic E-state index is 0.252. The Morgan fingerprint density at radius 1 is 1.06 bits per heavy atom. The van der Waals surface area contributed by atoms with Gasteiger partial charge < -0.3 is 14.6 Å². The summed E-state index contributed by atoms with van der Waals surface area (Å²) in [6.45, 7) is 1.31. The molecule has 0 spiro atoms. The van der Waals surface area contributed by atoms with E-state index in [0.29, 0.717) is 16.8 Å². The Hall–Kier alpha value is -3.82. The summed E-state index contributed by atoms with van der Waals surface area (Å²) in [6.07, 6.45) is 0. The summed E-state index contributed by atoms with van der Waals surface area (Å²) in [5.74, 6) is -1.04. The molecule has 5 aromatic rings. The van der Waals surface area contributed by atoms with E-state index in [4.69, 9.17) is 9.26 Å². The van der Waals surface area contributed by atoms with Crippen molar-refractivity contribution in [1.29, 1.82) is 0 Å². The minimum Gasteiger partial charge on any atom is -0.452 e. The molecule has 0 aliphatic heterocycles. The van der Waals surface area contributed by atoms with Crippen LogP contribution in [-0.4, -0.2) is 28.6 Å². The fraction of sp³-hybridized carbons (Fsp3) is 0.120. The zero-order valence-electron chi connectivity index (χ0n) is 18.1. The van der Waals surface area contributed by atoms with Gasteiger partial charge in [-0.1, -0.05) is 47.6 Å². The maximum absolute atomic E-state index is 13.0. The number of hydrogen-bond donors (Lipinski definition) is 1. The molecule has 7 nitrogen and oxygen atoms in total. The molecule has 34 heavy (non-hydrogen) atoms. The third-order valence-electron chi connectivity index (χ3n) is 5.21. The number of rotatable bonds is 7. The molecule has 0 saturated heterocycles. The van der Waals surface area contributed by atoms with Gasteiger partial charge in [0.15, 0.2) is 6.61 Å². The lowest BCUT2D eigenvalue weighted by molar-refractivity contribution is -0.124. The van der Waals surface area contributed by atoms with Crippen molar-refractivity contribution in [1.82, 2.24) is 15.5 Å². The van der Waals surface area contributed by atoms with Gasteiger partial charge in [0.25, 0.3) is 11.6 Å². The first kappa shape index (κ1) is 22.0. The summed E-state index contributed by atoms with van der Waals surface area (Å²) in [5, 5.41) is 11.3. The number of thiophene rings is 2. The largest absolute Gasteiger partial charge is 0.452 e. The van der Waals surface area contributed by atoms with E-state index in [9.17, 15) is 9.59 Å². The maximum atomic E-state index is 13.0. The van der Waals surface area contributed by atoms with Crippen LogP contribution in [0.3, 0.4) is 0 Å². The molecule has 9 heteroatoms. The lowest BCUT2D eigenvalue weighted by Crippen LogP contribution is -2.32. The zero-order chi connectivity index (χ0) is 23.5. The number of carbonyl (C=O) groups excluding carboxylic acids is 2. The molecule has 170 valence electrons. The summed E-state index contributed by atoms with van der Waals surface area (Å²) < 4.78 is 10.7. The lowest BCUT2D eigenvalue weighted by atomic mass is 10.1. The van der Waals surface area contributed by atoms with Crippen molar-refractivity contribution in [2.24, 2.45) is 0 Å². The van der Waals surface area contributed by atoms with E-state index < -0.39 is 18.5 Å². The van der Waals surface area contributed by atoms with Gasteiger partial charge in [-0.3, -0.25) is 4.79 Å². The molecular formula is C25H19N3O4S2. The summed E-state index contributed by atoms with van der Waals surface area (Å²) in [5.41, 5.74) is 2.57. The van der Waals surface area contributed by atoms with Crippen molar-refractivity contribution in [3.63, 3.8) is 0 Å². The second-order valence-corrected chi connectivity index (χ2v) is 9.41. The van der Waals surface area contributed by atoms with Crippen molar-refractivity contribution in [3.8, 4) is 10.6 Å². The number of nitrogens with one attached hydrogen (secondary N) is 1. The number of nitrogens with zero attached hydrogens (tertiary/aromatic N) is 2. The van der Waals surface area contributed by atoms with Gasteiger partial charge in [-0.15, -0.1) is 22.7 Å². The molecule has 0 radical (unpaired) electrons. The Kier molecular flexibility index (Phi) is 6.20. The third kappa shape index (κ3) is 4.48. The first-order valence-corrected chi connectivity index (χ1v) is 12.2. The molecule has 1 atom stereocenters. The normalized spacial score (nSPS) is 11.9. The number of esters is 1. The molecule has 1 unspecified atom stereocenters. The van der Waals surface area contributed by atoms with Crippen molar-refractivity contribution in [3.05, 3.63) is 93.1 Å². The second-order valence-electron chi connectivity index (χ2n) is 7.48. The average Bonchev–Trinajstić information content (AvgIpc) is 3.64. The first-order valence-electron chi connectivity index (χ1n) is 10.5. The van der Waals surface area contributed by atoms with Gasteiger partial charge >= 0.3 is 5.97 Å². The number of aryl methyl sites for hydroxylation is 1. The highest BCUT2D eigenvalue weighted by molar-refractivity contribution is 7.13. The fourth-order valence-electron chi connectivity index (χ4n) is 3.64. The average molecular weight is 490 g/mol. The predicted molar refractivity (Wildman–Crippen MR) is 131 cm³/mol. The van der Waals surface area contributed by atoms with Gasteiger partial charge in [0.05, 0.1) is 33.3 Å². The molecule has 1 aromatic carbocycles. The third-order valence-corrected chi connectivity index (χ3v) is 7.04. The fourth-order valence-corrected chi connectivity index (χ4v) is 5.13. The van der Waals surface area contributed by atoms with E-state index in [1.807, 2.05) is 65.4 Å². The quantitative estimate of drug-likeness (QED) is 0.308. The molecule has 5 rings (SSSR count). The van der Waals surface area contributed by atoms with E-state index in [-0.39, 0.29) is 17.3 Å². The van der Waals surface area contributed by atoms with Gasteiger partial charge in [-0.2, -0.15) is 0 Å². The smallest absolute Gasteiger partial charge is 0.339 e. The number of benzene rings is 1. The summed E-state index contributed by atoms with van der Waals surface area (Å²) >= 11 is 3.04. The number of aromatic nitrogens is 2. The number of fused-ring (bicyclic) bond motifs is 1. The van der Waals surface area contributed by atoms with E-state index in [1.54, 1.807) is 24.3 Å². The molecule has 0 fully saturated rings. The molecule has 1 amide bonds. The highest BCUT2D eigenvalue weighted by atomic mass is 32.1. The topological polar surface area (TPSA) is 94.3 Å². The van der Waals surface area contributed by atoms with E-state index in [1.165, 1.54) is 11.3 Å². The van der Waals surface area contributed by atoms with Gasteiger partial charge in [-0.25, -0.2) is 9.78 Å². The van der Waals surface area contributed by atoms with Crippen LogP contribution in [0.5, 0.6) is 0 Å². The van der Waals surface area contributed by atoms with E-state index >= 15 is 0 Å². The molecule has 1 N–H and O–H groups in total. The SMILES string of the molecule is Cc1noc2nc(-c3cccs3)cc(C(=O)OCC(=O)NC(c3ccccc3)c3cccs3)c12. The minimum atomic E-state index is -0.640.